The Bertz CT molecular complexity index is 235. The molecule has 0 bridgehead atoms. The zero-order valence-corrected chi connectivity index (χ0v) is 10.5. The van der Waals surface area contributed by atoms with Gasteiger partial charge in [0.2, 0.25) is 0 Å². The lowest BCUT2D eigenvalue weighted by Gasteiger charge is -2.48. The van der Waals surface area contributed by atoms with Crippen molar-refractivity contribution in [3.05, 3.63) is 0 Å². The summed E-state index contributed by atoms with van der Waals surface area (Å²) in [6.45, 7) is 2.64. The van der Waals surface area contributed by atoms with Crippen molar-refractivity contribution in [1.82, 2.24) is 4.90 Å². The highest BCUT2D eigenvalue weighted by Crippen LogP contribution is 2.45. The van der Waals surface area contributed by atoms with Gasteiger partial charge >= 0.3 is 0 Å². The molecule has 16 heavy (non-hydrogen) atoms. The van der Waals surface area contributed by atoms with Gasteiger partial charge in [0.25, 0.3) is 0 Å². The van der Waals surface area contributed by atoms with Crippen LogP contribution in [0.3, 0.4) is 0 Å². The van der Waals surface area contributed by atoms with Crippen LogP contribution in [0, 0.1) is 5.92 Å². The lowest BCUT2D eigenvalue weighted by molar-refractivity contribution is 0.0478. The van der Waals surface area contributed by atoms with E-state index in [1.54, 1.807) is 0 Å². The predicted molar refractivity (Wildman–Crippen MR) is 67.3 cm³/mol. The molecule has 3 rings (SSSR count). The molecule has 3 fully saturated rings. The minimum absolute atomic E-state index is 0.418. The first-order valence-electron chi connectivity index (χ1n) is 7.34. The summed E-state index contributed by atoms with van der Waals surface area (Å²) in [6, 6.07) is 0.474. The molecule has 0 aromatic carbocycles. The average molecular weight is 222 g/mol. The van der Waals surface area contributed by atoms with Crippen LogP contribution in [-0.4, -0.2) is 29.6 Å². The summed E-state index contributed by atoms with van der Waals surface area (Å²) in [5.74, 6) is 0.846. The van der Waals surface area contributed by atoms with Crippen molar-refractivity contribution in [3.8, 4) is 0 Å². The van der Waals surface area contributed by atoms with Gasteiger partial charge in [-0.2, -0.15) is 0 Å². The largest absolute Gasteiger partial charge is 0.326 e. The molecule has 2 heteroatoms. The Morgan fingerprint density at radius 2 is 1.56 bits per heavy atom. The van der Waals surface area contributed by atoms with Crippen molar-refractivity contribution in [1.29, 1.82) is 0 Å². The first kappa shape index (κ1) is 11.0. The monoisotopic (exact) mass is 222 g/mol. The molecule has 0 aromatic heterocycles. The summed E-state index contributed by atoms with van der Waals surface area (Å²) in [5.41, 5.74) is 7.08. The van der Waals surface area contributed by atoms with Gasteiger partial charge in [-0.05, 0) is 57.5 Å². The van der Waals surface area contributed by atoms with Crippen LogP contribution < -0.4 is 5.73 Å². The molecular weight excluding hydrogens is 196 g/mol. The molecule has 1 unspecified atom stereocenters. The van der Waals surface area contributed by atoms with Gasteiger partial charge in [0.1, 0.15) is 0 Å². The van der Waals surface area contributed by atoms with Crippen LogP contribution in [-0.2, 0) is 0 Å². The smallest absolute Gasteiger partial charge is 0.0363 e. The van der Waals surface area contributed by atoms with Crippen LogP contribution in [0.5, 0.6) is 0 Å². The summed E-state index contributed by atoms with van der Waals surface area (Å²) in [4.78, 5) is 2.77. The fourth-order valence-electron chi connectivity index (χ4n) is 4.25. The molecule has 0 radical (unpaired) electrons. The number of likely N-dealkylation sites (tertiary alicyclic amines) is 1. The van der Waals surface area contributed by atoms with E-state index in [9.17, 15) is 0 Å². The third-order valence-corrected chi connectivity index (χ3v) is 5.48. The van der Waals surface area contributed by atoms with Crippen molar-refractivity contribution in [2.75, 3.05) is 13.1 Å². The fourth-order valence-corrected chi connectivity index (χ4v) is 4.25. The molecule has 0 spiro atoms. The van der Waals surface area contributed by atoms with Gasteiger partial charge in [-0.3, -0.25) is 4.90 Å². The Balaban J connectivity index is 1.77. The van der Waals surface area contributed by atoms with Crippen LogP contribution in [0.2, 0.25) is 0 Å². The van der Waals surface area contributed by atoms with E-state index >= 15 is 0 Å². The third-order valence-electron chi connectivity index (χ3n) is 5.48. The maximum atomic E-state index is 6.66. The standard InChI is InChI=1S/C14H26N2/c15-13(12-6-5-7-12)14(8-1-2-9-14)16-10-3-4-11-16/h12-13H,1-11,15H2. The minimum atomic E-state index is 0.418. The number of hydrogen-bond acceptors (Lipinski definition) is 2. The molecule has 1 heterocycles. The number of nitrogens with two attached hydrogens (primary N) is 1. The van der Waals surface area contributed by atoms with Gasteiger partial charge in [-0.1, -0.05) is 19.3 Å². The summed E-state index contributed by atoms with van der Waals surface area (Å²) in [6.07, 6.45) is 12.6. The Morgan fingerprint density at radius 3 is 2.06 bits per heavy atom. The van der Waals surface area contributed by atoms with Gasteiger partial charge in [0.15, 0.2) is 0 Å². The van der Waals surface area contributed by atoms with Crippen LogP contribution in [0.1, 0.15) is 57.8 Å². The second kappa shape index (κ2) is 4.30. The topological polar surface area (TPSA) is 29.3 Å². The Kier molecular flexibility index (Phi) is 2.97. The van der Waals surface area contributed by atoms with Crippen LogP contribution in [0.15, 0.2) is 0 Å². The van der Waals surface area contributed by atoms with E-state index in [1.807, 2.05) is 0 Å². The first-order chi connectivity index (χ1) is 7.83. The van der Waals surface area contributed by atoms with Crippen molar-refractivity contribution in [2.24, 2.45) is 11.7 Å². The molecular formula is C14H26N2. The molecule has 2 N–H and O–H groups in total. The van der Waals surface area contributed by atoms with Crippen LogP contribution in [0.4, 0.5) is 0 Å². The SMILES string of the molecule is NC(C1CCC1)C1(N2CCCC2)CCCC1. The van der Waals surface area contributed by atoms with Gasteiger partial charge < -0.3 is 5.73 Å². The molecule has 2 aliphatic carbocycles. The van der Waals surface area contributed by atoms with E-state index in [2.05, 4.69) is 4.90 Å². The zero-order chi connectivity index (χ0) is 11.0. The van der Waals surface area contributed by atoms with Crippen LogP contribution >= 0.6 is 0 Å². The van der Waals surface area contributed by atoms with E-state index in [1.165, 1.54) is 70.9 Å². The lowest BCUT2D eigenvalue weighted by atomic mass is 9.70. The normalized spacial score (nSPS) is 32.8. The number of hydrogen-bond donors (Lipinski definition) is 1. The molecule has 1 saturated heterocycles. The summed E-state index contributed by atoms with van der Waals surface area (Å²) in [5, 5.41) is 0. The van der Waals surface area contributed by atoms with E-state index in [0.717, 1.165) is 5.92 Å². The lowest BCUT2D eigenvalue weighted by Crippen LogP contribution is -2.61. The second-order valence-electron chi connectivity index (χ2n) is 6.22. The van der Waals surface area contributed by atoms with Crippen molar-refractivity contribution >= 4 is 0 Å². The highest BCUT2D eigenvalue weighted by molar-refractivity contribution is 5.06. The van der Waals surface area contributed by atoms with Crippen molar-refractivity contribution in [2.45, 2.75) is 69.4 Å². The van der Waals surface area contributed by atoms with Gasteiger partial charge in [0, 0.05) is 11.6 Å². The van der Waals surface area contributed by atoms with Crippen LogP contribution in [0.25, 0.3) is 0 Å². The predicted octanol–water partition coefficient (Wildman–Crippen LogP) is 2.52. The Labute approximate surface area is 99.6 Å². The minimum Gasteiger partial charge on any atom is -0.326 e. The second-order valence-corrected chi connectivity index (χ2v) is 6.22. The Morgan fingerprint density at radius 1 is 0.938 bits per heavy atom. The highest BCUT2D eigenvalue weighted by atomic mass is 15.2. The maximum Gasteiger partial charge on any atom is 0.0363 e. The molecule has 92 valence electrons. The number of rotatable bonds is 3. The molecule has 3 aliphatic rings. The molecule has 1 atom stereocenters. The molecule has 0 aromatic rings. The van der Waals surface area contributed by atoms with Crippen molar-refractivity contribution < 1.29 is 0 Å². The zero-order valence-electron chi connectivity index (χ0n) is 10.5. The average Bonchev–Trinajstić information content (AvgIpc) is 2.87. The maximum absolute atomic E-state index is 6.66. The number of nitrogens with zero attached hydrogens (tertiary/aromatic N) is 1. The summed E-state index contributed by atoms with van der Waals surface area (Å²) >= 11 is 0. The summed E-state index contributed by atoms with van der Waals surface area (Å²) < 4.78 is 0. The molecule has 1 aliphatic heterocycles. The van der Waals surface area contributed by atoms with E-state index < -0.39 is 0 Å². The third kappa shape index (κ3) is 1.62. The quantitative estimate of drug-likeness (QED) is 0.795. The van der Waals surface area contributed by atoms with E-state index in [-0.39, 0.29) is 0 Å². The van der Waals surface area contributed by atoms with E-state index in [4.69, 9.17) is 5.73 Å². The van der Waals surface area contributed by atoms with Gasteiger partial charge in [0.05, 0.1) is 0 Å². The van der Waals surface area contributed by atoms with E-state index in [0.29, 0.717) is 11.6 Å². The Hall–Kier alpha value is -0.0800. The van der Waals surface area contributed by atoms with Gasteiger partial charge in [-0.15, -0.1) is 0 Å². The fraction of sp³-hybridized carbons (Fsp3) is 1.00. The highest BCUT2D eigenvalue weighted by Gasteiger charge is 2.48. The van der Waals surface area contributed by atoms with Gasteiger partial charge in [-0.25, -0.2) is 0 Å². The molecule has 0 amide bonds. The first-order valence-corrected chi connectivity index (χ1v) is 7.34. The van der Waals surface area contributed by atoms with Crippen molar-refractivity contribution in [3.63, 3.8) is 0 Å². The molecule has 2 saturated carbocycles. The molecule has 2 nitrogen and oxygen atoms in total. The summed E-state index contributed by atoms with van der Waals surface area (Å²) in [7, 11) is 0.